The van der Waals surface area contributed by atoms with Crippen LogP contribution in [0.15, 0.2) is 0 Å². The second-order valence-corrected chi connectivity index (χ2v) is 6.79. The number of likely N-dealkylation sites (tertiary alicyclic amines) is 2. The van der Waals surface area contributed by atoms with E-state index in [4.69, 9.17) is 0 Å². The van der Waals surface area contributed by atoms with Gasteiger partial charge in [-0.2, -0.15) is 0 Å². The molecule has 104 valence electrons. The molecule has 0 amide bonds. The second-order valence-electron chi connectivity index (χ2n) is 6.79. The van der Waals surface area contributed by atoms with E-state index < -0.39 is 0 Å². The summed E-state index contributed by atoms with van der Waals surface area (Å²) >= 11 is 0. The van der Waals surface area contributed by atoms with Gasteiger partial charge in [-0.25, -0.2) is 0 Å². The van der Waals surface area contributed by atoms with Gasteiger partial charge in [-0.15, -0.1) is 0 Å². The van der Waals surface area contributed by atoms with Crippen LogP contribution in [0.3, 0.4) is 0 Å². The van der Waals surface area contributed by atoms with Crippen molar-refractivity contribution in [3.05, 3.63) is 0 Å². The third kappa shape index (κ3) is 2.73. The summed E-state index contributed by atoms with van der Waals surface area (Å²) in [4.78, 5) is 5.37. The van der Waals surface area contributed by atoms with Crippen LogP contribution in [-0.2, 0) is 0 Å². The summed E-state index contributed by atoms with van der Waals surface area (Å²) in [6.45, 7) is 7.57. The van der Waals surface area contributed by atoms with E-state index in [0.717, 1.165) is 24.8 Å². The number of nitrogens with zero attached hydrogens (tertiary/aromatic N) is 2. The summed E-state index contributed by atoms with van der Waals surface area (Å²) in [5.41, 5.74) is 0. The highest BCUT2D eigenvalue weighted by molar-refractivity contribution is 4.91. The average molecular weight is 252 g/mol. The molecule has 18 heavy (non-hydrogen) atoms. The number of rotatable bonds is 2. The molecule has 0 unspecified atom stereocenters. The maximum absolute atomic E-state index is 9.40. The maximum Gasteiger partial charge on any atom is 0.0570 e. The first-order chi connectivity index (χ1) is 8.72. The molecular weight excluding hydrogens is 224 g/mol. The van der Waals surface area contributed by atoms with Gasteiger partial charge < -0.3 is 14.9 Å². The summed E-state index contributed by atoms with van der Waals surface area (Å²) in [5, 5.41) is 9.40. The van der Waals surface area contributed by atoms with Crippen molar-refractivity contribution in [1.29, 1.82) is 0 Å². The quantitative estimate of drug-likeness (QED) is 0.810. The highest BCUT2D eigenvalue weighted by atomic mass is 16.3. The van der Waals surface area contributed by atoms with Gasteiger partial charge in [0.15, 0.2) is 0 Å². The first kappa shape index (κ1) is 12.9. The Morgan fingerprint density at radius 1 is 0.889 bits per heavy atom. The monoisotopic (exact) mass is 252 g/mol. The van der Waals surface area contributed by atoms with Gasteiger partial charge in [0.25, 0.3) is 0 Å². The molecule has 2 saturated heterocycles. The number of aliphatic hydroxyl groups is 1. The minimum atomic E-state index is -0.00401. The Morgan fingerprint density at radius 2 is 1.61 bits per heavy atom. The average Bonchev–Trinajstić information content (AvgIpc) is 2.35. The predicted octanol–water partition coefficient (Wildman–Crippen LogP) is 1.71. The van der Waals surface area contributed by atoms with Gasteiger partial charge in [0.1, 0.15) is 0 Å². The molecule has 0 bridgehead atoms. The van der Waals surface area contributed by atoms with E-state index in [2.05, 4.69) is 16.7 Å². The summed E-state index contributed by atoms with van der Waals surface area (Å²) in [6, 6.07) is 1.54. The molecule has 2 heterocycles. The summed E-state index contributed by atoms with van der Waals surface area (Å²) in [7, 11) is 0. The Kier molecular flexibility index (Phi) is 3.92. The zero-order chi connectivity index (χ0) is 12.5. The summed E-state index contributed by atoms with van der Waals surface area (Å²) in [6.07, 6.45) is 7.55. The fourth-order valence-corrected chi connectivity index (χ4v) is 4.03. The molecule has 0 aromatic rings. The van der Waals surface area contributed by atoms with Crippen LogP contribution in [0.25, 0.3) is 0 Å². The third-order valence-electron chi connectivity index (χ3n) is 5.31. The number of aliphatic hydroxyl groups excluding tert-OH is 1. The fraction of sp³-hybridized carbons (Fsp3) is 1.00. The van der Waals surface area contributed by atoms with E-state index in [1.807, 2.05) is 0 Å². The van der Waals surface area contributed by atoms with Crippen LogP contribution in [-0.4, -0.2) is 59.3 Å². The number of hydrogen-bond donors (Lipinski definition) is 1. The van der Waals surface area contributed by atoms with Gasteiger partial charge in [-0.3, -0.25) is 0 Å². The molecule has 0 radical (unpaired) electrons. The van der Waals surface area contributed by atoms with Crippen LogP contribution in [0, 0.1) is 5.92 Å². The topological polar surface area (TPSA) is 26.7 Å². The Hall–Kier alpha value is -0.120. The van der Waals surface area contributed by atoms with Gasteiger partial charge in [-0.05, 0) is 64.1 Å². The molecule has 1 aliphatic carbocycles. The molecule has 2 aliphatic heterocycles. The van der Waals surface area contributed by atoms with Crippen molar-refractivity contribution in [3.63, 3.8) is 0 Å². The number of piperidine rings is 2. The van der Waals surface area contributed by atoms with Gasteiger partial charge in [-0.1, -0.05) is 6.92 Å². The lowest BCUT2D eigenvalue weighted by Crippen LogP contribution is -2.54. The van der Waals surface area contributed by atoms with Gasteiger partial charge >= 0.3 is 0 Å². The SMILES string of the molecule is C[C@@H]1CCCN(C2CCN(C3CC(O)C3)CC2)C1. The zero-order valence-corrected chi connectivity index (χ0v) is 11.7. The highest BCUT2D eigenvalue weighted by Gasteiger charge is 2.35. The largest absolute Gasteiger partial charge is 0.393 e. The van der Waals surface area contributed by atoms with Crippen molar-refractivity contribution >= 4 is 0 Å². The van der Waals surface area contributed by atoms with Crippen LogP contribution >= 0.6 is 0 Å². The van der Waals surface area contributed by atoms with Crippen LogP contribution in [0.1, 0.15) is 45.4 Å². The van der Waals surface area contributed by atoms with Gasteiger partial charge in [0.05, 0.1) is 6.10 Å². The molecule has 1 atom stereocenters. The van der Waals surface area contributed by atoms with Crippen molar-refractivity contribution in [2.75, 3.05) is 26.2 Å². The number of hydrogen-bond acceptors (Lipinski definition) is 3. The fourth-order valence-electron chi connectivity index (χ4n) is 4.03. The van der Waals surface area contributed by atoms with E-state index in [1.54, 1.807) is 0 Å². The minimum absolute atomic E-state index is 0.00401. The minimum Gasteiger partial charge on any atom is -0.393 e. The Bertz CT molecular complexity index is 270. The van der Waals surface area contributed by atoms with Crippen molar-refractivity contribution in [2.45, 2.75) is 63.6 Å². The normalized spacial score (nSPS) is 40.7. The van der Waals surface area contributed by atoms with Crippen LogP contribution < -0.4 is 0 Å². The molecule has 3 nitrogen and oxygen atoms in total. The van der Waals surface area contributed by atoms with Crippen LogP contribution in [0.5, 0.6) is 0 Å². The molecule has 0 spiro atoms. The van der Waals surface area contributed by atoms with E-state index in [9.17, 15) is 5.11 Å². The van der Waals surface area contributed by atoms with Crippen molar-refractivity contribution in [2.24, 2.45) is 5.92 Å². The van der Waals surface area contributed by atoms with Gasteiger partial charge in [0, 0.05) is 18.6 Å². The first-order valence-electron chi connectivity index (χ1n) is 7.88. The van der Waals surface area contributed by atoms with Crippen molar-refractivity contribution in [1.82, 2.24) is 9.80 Å². The molecule has 3 aliphatic rings. The van der Waals surface area contributed by atoms with E-state index >= 15 is 0 Å². The third-order valence-corrected chi connectivity index (χ3v) is 5.31. The van der Waals surface area contributed by atoms with Crippen molar-refractivity contribution < 1.29 is 5.11 Å². The van der Waals surface area contributed by atoms with Crippen molar-refractivity contribution in [3.8, 4) is 0 Å². The summed E-state index contributed by atoms with van der Waals surface area (Å²) < 4.78 is 0. The molecule has 0 aromatic carbocycles. The zero-order valence-electron chi connectivity index (χ0n) is 11.7. The second kappa shape index (κ2) is 5.48. The molecule has 1 saturated carbocycles. The van der Waals surface area contributed by atoms with Crippen LogP contribution in [0.2, 0.25) is 0 Å². The highest BCUT2D eigenvalue weighted by Crippen LogP contribution is 2.30. The first-order valence-corrected chi connectivity index (χ1v) is 7.88. The summed E-state index contributed by atoms with van der Waals surface area (Å²) in [5.74, 6) is 0.901. The molecule has 1 N–H and O–H groups in total. The van der Waals surface area contributed by atoms with E-state index in [-0.39, 0.29) is 6.10 Å². The molecule has 3 rings (SSSR count). The Balaban J connectivity index is 1.45. The lowest BCUT2D eigenvalue weighted by atomic mass is 9.86. The van der Waals surface area contributed by atoms with E-state index in [1.165, 1.54) is 51.9 Å². The Labute approximate surface area is 111 Å². The smallest absolute Gasteiger partial charge is 0.0570 e. The predicted molar refractivity (Wildman–Crippen MR) is 73.6 cm³/mol. The maximum atomic E-state index is 9.40. The van der Waals surface area contributed by atoms with E-state index in [0.29, 0.717) is 6.04 Å². The standard InChI is InChI=1S/C15H28N2O/c1-12-3-2-6-17(11-12)13-4-7-16(8-5-13)14-9-15(18)10-14/h12-15,18H,2-11H2,1H3/t12-,14?,15?/m1/s1. The van der Waals surface area contributed by atoms with Crippen LogP contribution in [0.4, 0.5) is 0 Å². The molecule has 3 heteroatoms. The molecular formula is C15H28N2O. The Morgan fingerprint density at radius 3 is 2.22 bits per heavy atom. The lowest BCUT2D eigenvalue weighted by Gasteiger charge is -2.47. The lowest BCUT2D eigenvalue weighted by molar-refractivity contribution is -0.0203. The molecule has 3 fully saturated rings. The molecule has 0 aromatic heterocycles. The van der Waals surface area contributed by atoms with Gasteiger partial charge in [0.2, 0.25) is 0 Å².